The lowest BCUT2D eigenvalue weighted by atomic mass is 10.1. The van der Waals surface area contributed by atoms with Gasteiger partial charge in [0.15, 0.2) is 11.5 Å². The molecule has 0 bridgehead atoms. The van der Waals surface area contributed by atoms with E-state index < -0.39 is 0 Å². The summed E-state index contributed by atoms with van der Waals surface area (Å²) < 4.78 is 10.7. The highest BCUT2D eigenvalue weighted by Gasteiger charge is 2.45. The predicted molar refractivity (Wildman–Crippen MR) is 83.3 cm³/mol. The first-order valence-electron chi connectivity index (χ1n) is 7.46. The van der Waals surface area contributed by atoms with Gasteiger partial charge in [-0.3, -0.25) is 4.79 Å². The van der Waals surface area contributed by atoms with Crippen LogP contribution in [0.3, 0.4) is 0 Å². The molecule has 4 nitrogen and oxygen atoms in total. The quantitative estimate of drug-likeness (QED) is 0.873. The second-order valence-corrected chi connectivity index (χ2v) is 5.79. The van der Waals surface area contributed by atoms with Crippen molar-refractivity contribution < 1.29 is 14.3 Å². The third kappa shape index (κ3) is 2.21. The number of benzene rings is 2. The monoisotopic (exact) mass is 295 g/mol. The van der Waals surface area contributed by atoms with Gasteiger partial charge >= 0.3 is 0 Å². The van der Waals surface area contributed by atoms with Crippen molar-refractivity contribution in [2.75, 3.05) is 18.7 Å². The Labute approximate surface area is 129 Å². The van der Waals surface area contributed by atoms with Crippen LogP contribution >= 0.6 is 0 Å². The zero-order valence-electron chi connectivity index (χ0n) is 12.4. The van der Waals surface area contributed by atoms with E-state index in [1.54, 1.807) is 4.90 Å². The predicted octanol–water partition coefficient (Wildman–Crippen LogP) is 3.18. The first-order valence-corrected chi connectivity index (χ1v) is 7.46. The average Bonchev–Trinajstić information content (AvgIpc) is 3.23. The Balaban J connectivity index is 1.49. The number of ether oxygens (including phenoxy) is 2. The van der Waals surface area contributed by atoms with E-state index in [4.69, 9.17) is 9.47 Å². The Kier molecular flexibility index (Phi) is 3.03. The molecule has 2 aliphatic rings. The summed E-state index contributed by atoms with van der Waals surface area (Å²) in [6.45, 7) is 0.245. The van der Waals surface area contributed by atoms with Crippen LogP contribution in [-0.2, 0) is 4.79 Å². The molecule has 2 aromatic rings. The summed E-state index contributed by atoms with van der Waals surface area (Å²) in [6, 6.07) is 15.8. The zero-order chi connectivity index (χ0) is 15.1. The number of nitrogens with zero attached hydrogens (tertiary/aromatic N) is 1. The third-order valence-corrected chi connectivity index (χ3v) is 4.41. The van der Waals surface area contributed by atoms with Crippen molar-refractivity contribution in [1.82, 2.24) is 0 Å². The van der Waals surface area contributed by atoms with Crippen molar-refractivity contribution in [2.45, 2.75) is 12.3 Å². The molecule has 0 radical (unpaired) electrons. The van der Waals surface area contributed by atoms with E-state index in [9.17, 15) is 4.79 Å². The van der Waals surface area contributed by atoms with E-state index in [0.29, 0.717) is 11.7 Å². The maximum atomic E-state index is 12.6. The molecular weight excluding hydrogens is 278 g/mol. The minimum atomic E-state index is 0.0813. The highest BCUT2D eigenvalue weighted by Crippen LogP contribution is 2.48. The Morgan fingerprint density at radius 2 is 1.86 bits per heavy atom. The van der Waals surface area contributed by atoms with Gasteiger partial charge in [-0.1, -0.05) is 30.3 Å². The number of anilines is 1. The van der Waals surface area contributed by atoms with Gasteiger partial charge in [-0.2, -0.15) is 0 Å². The van der Waals surface area contributed by atoms with Gasteiger partial charge in [-0.05, 0) is 30.0 Å². The number of amides is 1. The molecule has 2 atom stereocenters. The van der Waals surface area contributed by atoms with Gasteiger partial charge in [0, 0.05) is 24.7 Å². The Bertz CT molecular complexity index is 714. The number of fused-ring (bicyclic) bond motifs is 1. The van der Waals surface area contributed by atoms with Crippen LogP contribution in [-0.4, -0.2) is 19.7 Å². The smallest absolute Gasteiger partial charge is 0.231 e. The second-order valence-electron chi connectivity index (χ2n) is 5.79. The molecule has 1 heterocycles. The maximum Gasteiger partial charge on any atom is 0.231 e. The van der Waals surface area contributed by atoms with Gasteiger partial charge in [0.25, 0.3) is 0 Å². The highest BCUT2D eigenvalue weighted by molar-refractivity contribution is 5.97. The van der Waals surface area contributed by atoms with Crippen molar-refractivity contribution in [3.8, 4) is 11.5 Å². The SMILES string of the molecule is CN(C(=O)C1C[C@H]1c1ccccc1)c1ccc2c(c1)OCO2. The summed E-state index contributed by atoms with van der Waals surface area (Å²) in [7, 11) is 1.82. The number of hydrogen-bond acceptors (Lipinski definition) is 3. The summed E-state index contributed by atoms with van der Waals surface area (Å²) in [4.78, 5) is 14.4. The molecule has 1 amide bonds. The molecule has 0 spiro atoms. The molecule has 1 saturated carbocycles. The largest absolute Gasteiger partial charge is 0.454 e. The van der Waals surface area contributed by atoms with Crippen LogP contribution in [0.25, 0.3) is 0 Å². The van der Waals surface area contributed by atoms with Gasteiger partial charge in [-0.15, -0.1) is 0 Å². The van der Waals surface area contributed by atoms with E-state index in [2.05, 4.69) is 12.1 Å². The normalized spacial score (nSPS) is 21.5. The van der Waals surface area contributed by atoms with Crippen LogP contribution in [0, 0.1) is 5.92 Å². The van der Waals surface area contributed by atoms with E-state index in [0.717, 1.165) is 17.9 Å². The molecular formula is C18H17NO3. The first-order chi connectivity index (χ1) is 10.7. The van der Waals surface area contributed by atoms with Crippen molar-refractivity contribution in [3.63, 3.8) is 0 Å². The van der Waals surface area contributed by atoms with Gasteiger partial charge in [-0.25, -0.2) is 0 Å². The Morgan fingerprint density at radius 1 is 1.09 bits per heavy atom. The van der Waals surface area contributed by atoms with Gasteiger partial charge in [0.1, 0.15) is 0 Å². The van der Waals surface area contributed by atoms with Crippen LogP contribution in [0.15, 0.2) is 48.5 Å². The lowest BCUT2D eigenvalue weighted by molar-refractivity contribution is -0.119. The molecule has 0 saturated heterocycles. The van der Waals surface area contributed by atoms with E-state index in [1.165, 1.54) is 5.56 Å². The summed E-state index contributed by atoms with van der Waals surface area (Å²) in [6.07, 6.45) is 0.928. The summed E-state index contributed by atoms with van der Waals surface area (Å²) >= 11 is 0. The van der Waals surface area contributed by atoms with Crippen molar-refractivity contribution in [2.24, 2.45) is 5.92 Å². The summed E-state index contributed by atoms with van der Waals surface area (Å²) in [5.74, 6) is 2.03. The van der Waals surface area contributed by atoms with Crippen LogP contribution in [0.4, 0.5) is 5.69 Å². The molecule has 22 heavy (non-hydrogen) atoms. The molecule has 4 rings (SSSR count). The summed E-state index contributed by atoms with van der Waals surface area (Å²) in [5, 5.41) is 0. The van der Waals surface area contributed by atoms with Crippen LogP contribution in [0.1, 0.15) is 17.9 Å². The number of hydrogen-bond donors (Lipinski definition) is 0. The topological polar surface area (TPSA) is 38.8 Å². The fourth-order valence-electron chi connectivity index (χ4n) is 3.01. The lowest BCUT2D eigenvalue weighted by Crippen LogP contribution is -2.28. The summed E-state index contributed by atoms with van der Waals surface area (Å²) in [5.41, 5.74) is 2.09. The molecule has 1 aliphatic heterocycles. The average molecular weight is 295 g/mol. The van der Waals surface area contributed by atoms with Gasteiger partial charge in [0.05, 0.1) is 0 Å². The fraction of sp³-hybridized carbons (Fsp3) is 0.278. The molecule has 1 aliphatic carbocycles. The molecule has 1 fully saturated rings. The van der Waals surface area contributed by atoms with Gasteiger partial charge in [0.2, 0.25) is 12.7 Å². The fourth-order valence-corrected chi connectivity index (χ4v) is 3.01. The minimum Gasteiger partial charge on any atom is -0.454 e. The standard InChI is InChI=1S/C18H17NO3/c1-19(13-7-8-16-17(9-13)22-11-21-16)18(20)15-10-14(15)12-5-3-2-4-6-12/h2-9,14-15H,10-11H2,1H3/t14-,15?/m0/s1. The van der Waals surface area contributed by atoms with E-state index in [1.807, 2.05) is 43.4 Å². The molecule has 112 valence electrons. The van der Waals surface area contributed by atoms with E-state index >= 15 is 0 Å². The third-order valence-electron chi connectivity index (χ3n) is 4.41. The molecule has 0 N–H and O–H groups in total. The number of carbonyl (C=O) groups excluding carboxylic acids is 1. The maximum absolute atomic E-state index is 12.6. The number of rotatable bonds is 3. The van der Waals surface area contributed by atoms with Gasteiger partial charge < -0.3 is 14.4 Å². The molecule has 4 heteroatoms. The Morgan fingerprint density at radius 3 is 2.68 bits per heavy atom. The van der Waals surface area contributed by atoms with Crippen LogP contribution < -0.4 is 14.4 Å². The number of carbonyl (C=O) groups is 1. The van der Waals surface area contributed by atoms with Crippen molar-refractivity contribution >= 4 is 11.6 Å². The molecule has 0 aromatic heterocycles. The van der Waals surface area contributed by atoms with Crippen LogP contribution in [0.2, 0.25) is 0 Å². The van der Waals surface area contributed by atoms with Crippen LogP contribution in [0.5, 0.6) is 11.5 Å². The van der Waals surface area contributed by atoms with Crippen molar-refractivity contribution in [3.05, 3.63) is 54.1 Å². The molecule has 1 unspecified atom stereocenters. The lowest BCUT2D eigenvalue weighted by Gasteiger charge is -2.18. The van der Waals surface area contributed by atoms with Crippen molar-refractivity contribution in [1.29, 1.82) is 0 Å². The molecule has 2 aromatic carbocycles. The highest BCUT2D eigenvalue weighted by atomic mass is 16.7. The minimum absolute atomic E-state index is 0.0813. The second kappa shape index (κ2) is 5.05. The van der Waals surface area contributed by atoms with E-state index in [-0.39, 0.29) is 18.6 Å². The zero-order valence-corrected chi connectivity index (χ0v) is 12.4. The first kappa shape index (κ1) is 13.2. The Hall–Kier alpha value is -2.49.